The molecule has 0 bridgehead atoms. The second-order valence-electron chi connectivity index (χ2n) is 9.62. The SMILES string of the molecule is COc1cc(C2c3c(oc4ccccc4c3=O)C(=O)N2c2ccc(C)c(Cl)c2)ccc1OCCC(C)C. The number of para-hydroxylation sites is 1. The summed E-state index contributed by atoms with van der Waals surface area (Å²) in [5.74, 6) is 1.26. The summed E-state index contributed by atoms with van der Waals surface area (Å²) < 4.78 is 17.6. The Morgan fingerprint density at radius 3 is 2.54 bits per heavy atom. The Morgan fingerprint density at radius 1 is 1.03 bits per heavy atom. The van der Waals surface area contributed by atoms with E-state index in [1.54, 1.807) is 42.3 Å². The average molecular weight is 518 g/mol. The van der Waals surface area contributed by atoms with Gasteiger partial charge in [-0.05, 0) is 66.8 Å². The minimum absolute atomic E-state index is 0.0293. The third-order valence-electron chi connectivity index (χ3n) is 6.67. The maximum absolute atomic E-state index is 13.8. The fourth-order valence-corrected chi connectivity index (χ4v) is 4.79. The lowest BCUT2D eigenvalue weighted by Crippen LogP contribution is -2.29. The number of carbonyl (C=O) groups is 1. The lowest BCUT2D eigenvalue weighted by Gasteiger charge is -2.26. The summed E-state index contributed by atoms with van der Waals surface area (Å²) in [5, 5.41) is 0.944. The van der Waals surface area contributed by atoms with Gasteiger partial charge in [-0.1, -0.05) is 49.7 Å². The highest BCUT2D eigenvalue weighted by Crippen LogP contribution is 2.44. The van der Waals surface area contributed by atoms with E-state index in [1.807, 2.05) is 37.3 Å². The van der Waals surface area contributed by atoms with Gasteiger partial charge in [-0.3, -0.25) is 14.5 Å². The molecule has 7 heteroatoms. The number of anilines is 1. The zero-order valence-electron chi connectivity index (χ0n) is 21.2. The lowest BCUT2D eigenvalue weighted by atomic mass is 9.97. The van der Waals surface area contributed by atoms with Gasteiger partial charge in [0, 0.05) is 10.7 Å². The van der Waals surface area contributed by atoms with Gasteiger partial charge in [0.1, 0.15) is 5.58 Å². The average Bonchev–Trinajstić information content (AvgIpc) is 3.18. The minimum atomic E-state index is -0.735. The number of benzene rings is 3. The van der Waals surface area contributed by atoms with Gasteiger partial charge in [0.2, 0.25) is 5.76 Å². The van der Waals surface area contributed by atoms with Crippen molar-refractivity contribution in [2.24, 2.45) is 5.92 Å². The molecule has 0 radical (unpaired) electrons. The maximum atomic E-state index is 13.8. The molecule has 1 aliphatic rings. The zero-order valence-corrected chi connectivity index (χ0v) is 22.0. The van der Waals surface area contributed by atoms with Gasteiger partial charge in [0.25, 0.3) is 5.91 Å². The number of fused-ring (bicyclic) bond motifs is 2. The molecule has 1 aromatic heterocycles. The first-order valence-electron chi connectivity index (χ1n) is 12.3. The minimum Gasteiger partial charge on any atom is -0.493 e. The highest BCUT2D eigenvalue weighted by Gasteiger charge is 2.44. The molecular formula is C30H28ClNO5. The van der Waals surface area contributed by atoms with Gasteiger partial charge in [-0.15, -0.1) is 0 Å². The smallest absolute Gasteiger partial charge is 0.295 e. The van der Waals surface area contributed by atoms with E-state index in [0.29, 0.717) is 51.3 Å². The van der Waals surface area contributed by atoms with E-state index in [-0.39, 0.29) is 16.8 Å². The molecular weight excluding hydrogens is 490 g/mol. The summed E-state index contributed by atoms with van der Waals surface area (Å²) in [7, 11) is 1.57. The molecule has 0 fully saturated rings. The molecule has 5 rings (SSSR count). The topological polar surface area (TPSA) is 69.0 Å². The molecule has 37 heavy (non-hydrogen) atoms. The normalized spacial score (nSPS) is 14.9. The van der Waals surface area contributed by atoms with Crippen molar-refractivity contribution in [2.75, 3.05) is 18.6 Å². The highest BCUT2D eigenvalue weighted by atomic mass is 35.5. The van der Waals surface area contributed by atoms with Crippen LogP contribution in [0.3, 0.4) is 0 Å². The quantitative estimate of drug-likeness (QED) is 0.265. The van der Waals surface area contributed by atoms with Crippen LogP contribution in [-0.4, -0.2) is 19.6 Å². The largest absolute Gasteiger partial charge is 0.493 e. The van der Waals surface area contributed by atoms with Crippen LogP contribution in [0.2, 0.25) is 5.02 Å². The van der Waals surface area contributed by atoms with Crippen molar-refractivity contribution in [3.63, 3.8) is 0 Å². The van der Waals surface area contributed by atoms with E-state index in [2.05, 4.69) is 13.8 Å². The van der Waals surface area contributed by atoms with Crippen LogP contribution >= 0.6 is 11.6 Å². The Labute approximate surface area is 220 Å². The van der Waals surface area contributed by atoms with Crippen molar-refractivity contribution in [1.82, 2.24) is 0 Å². The summed E-state index contributed by atoms with van der Waals surface area (Å²) in [4.78, 5) is 29.1. The lowest BCUT2D eigenvalue weighted by molar-refractivity contribution is 0.0971. The van der Waals surface area contributed by atoms with Gasteiger partial charge >= 0.3 is 0 Å². The summed E-state index contributed by atoms with van der Waals surface area (Å²) in [6, 6.07) is 17.1. The second kappa shape index (κ2) is 9.94. The van der Waals surface area contributed by atoms with Gasteiger partial charge in [-0.25, -0.2) is 0 Å². The number of aryl methyl sites for hydroxylation is 1. The van der Waals surface area contributed by atoms with Crippen LogP contribution in [0.5, 0.6) is 11.5 Å². The number of hydrogen-bond donors (Lipinski definition) is 0. The number of ether oxygens (including phenoxy) is 2. The molecule has 0 N–H and O–H groups in total. The van der Waals surface area contributed by atoms with Crippen LogP contribution in [0.1, 0.15) is 53.6 Å². The number of carbonyl (C=O) groups excluding carboxylic acids is 1. The fourth-order valence-electron chi connectivity index (χ4n) is 4.61. The van der Waals surface area contributed by atoms with E-state index in [0.717, 1.165) is 12.0 Å². The Hall–Kier alpha value is -3.77. The molecule has 6 nitrogen and oxygen atoms in total. The first-order chi connectivity index (χ1) is 17.8. The third-order valence-corrected chi connectivity index (χ3v) is 7.07. The first kappa shape index (κ1) is 24.9. The Kier molecular flexibility index (Phi) is 6.69. The third kappa shape index (κ3) is 4.46. The predicted octanol–water partition coefficient (Wildman–Crippen LogP) is 6.94. The Morgan fingerprint density at radius 2 is 1.81 bits per heavy atom. The van der Waals surface area contributed by atoms with E-state index in [4.69, 9.17) is 25.5 Å². The summed E-state index contributed by atoms with van der Waals surface area (Å²) >= 11 is 6.44. The number of nitrogens with zero attached hydrogens (tertiary/aromatic N) is 1. The molecule has 0 spiro atoms. The summed E-state index contributed by atoms with van der Waals surface area (Å²) in [6.07, 6.45) is 0.908. The number of rotatable bonds is 7. The molecule has 1 atom stereocenters. The number of halogens is 1. The van der Waals surface area contributed by atoms with Crippen LogP contribution in [0.4, 0.5) is 5.69 Å². The van der Waals surface area contributed by atoms with Gasteiger partial charge in [0.05, 0.1) is 30.7 Å². The van der Waals surface area contributed by atoms with Crippen LogP contribution < -0.4 is 19.8 Å². The number of amides is 1. The second-order valence-corrected chi connectivity index (χ2v) is 10.0. The zero-order chi connectivity index (χ0) is 26.3. The summed E-state index contributed by atoms with van der Waals surface area (Å²) in [5.41, 5.74) is 2.56. The van der Waals surface area contributed by atoms with Crippen LogP contribution in [-0.2, 0) is 0 Å². The number of hydrogen-bond acceptors (Lipinski definition) is 5. The van der Waals surface area contributed by atoms with E-state index in [1.165, 1.54) is 0 Å². The van der Waals surface area contributed by atoms with Gasteiger partial charge < -0.3 is 13.9 Å². The number of methoxy groups -OCH3 is 1. The van der Waals surface area contributed by atoms with Crippen LogP contribution in [0.15, 0.2) is 69.9 Å². The van der Waals surface area contributed by atoms with Gasteiger partial charge in [-0.2, -0.15) is 0 Å². The molecule has 4 aromatic rings. The van der Waals surface area contributed by atoms with Crippen LogP contribution in [0, 0.1) is 12.8 Å². The van der Waals surface area contributed by atoms with Crippen molar-refractivity contribution >= 4 is 34.2 Å². The molecule has 0 saturated carbocycles. The molecule has 1 amide bonds. The van der Waals surface area contributed by atoms with E-state index >= 15 is 0 Å². The molecule has 2 heterocycles. The molecule has 1 unspecified atom stereocenters. The molecule has 1 aliphatic heterocycles. The van der Waals surface area contributed by atoms with Crippen molar-refractivity contribution in [1.29, 1.82) is 0 Å². The standard InChI is InChI=1S/C30H28ClNO5/c1-17(2)13-14-36-24-12-10-19(15-25(24)35-4)27-26-28(33)21-7-5-6-8-23(21)37-29(26)30(34)32(27)20-11-9-18(3)22(31)16-20/h5-12,15-17,27H,13-14H2,1-4H3. The first-order valence-corrected chi connectivity index (χ1v) is 12.6. The Bertz CT molecular complexity index is 1560. The predicted molar refractivity (Wildman–Crippen MR) is 145 cm³/mol. The van der Waals surface area contributed by atoms with Crippen molar-refractivity contribution in [3.8, 4) is 11.5 Å². The highest BCUT2D eigenvalue weighted by molar-refractivity contribution is 6.31. The summed E-state index contributed by atoms with van der Waals surface area (Å²) in [6.45, 7) is 6.73. The van der Waals surface area contributed by atoms with Gasteiger partial charge in [0.15, 0.2) is 16.9 Å². The maximum Gasteiger partial charge on any atom is 0.295 e. The molecule has 0 aliphatic carbocycles. The van der Waals surface area contributed by atoms with Crippen molar-refractivity contribution in [2.45, 2.75) is 33.2 Å². The molecule has 3 aromatic carbocycles. The van der Waals surface area contributed by atoms with Crippen molar-refractivity contribution < 1.29 is 18.7 Å². The molecule has 190 valence electrons. The van der Waals surface area contributed by atoms with Crippen LogP contribution in [0.25, 0.3) is 11.0 Å². The Balaban J connectivity index is 1.68. The fraction of sp³-hybridized carbons (Fsp3) is 0.267. The van der Waals surface area contributed by atoms with E-state index in [9.17, 15) is 9.59 Å². The van der Waals surface area contributed by atoms with Crippen molar-refractivity contribution in [3.05, 3.63) is 98.4 Å². The molecule has 0 saturated heterocycles. The monoisotopic (exact) mass is 517 g/mol. The van der Waals surface area contributed by atoms with E-state index < -0.39 is 11.9 Å².